The number of sulfonamides is 1. The molecule has 1 aromatic rings. The van der Waals surface area contributed by atoms with Crippen molar-refractivity contribution in [2.45, 2.75) is 24.3 Å². The summed E-state index contributed by atoms with van der Waals surface area (Å²) in [6.07, 6.45) is 3.93. The Hall–Kier alpha value is -0.850. The zero-order valence-corrected chi connectivity index (χ0v) is 10.1. The average Bonchev–Trinajstić information content (AvgIpc) is 2.75. The second-order valence-electron chi connectivity index (χ2n) is 4.34. The van der Waals surface area contributed by atoms with Gasteiger partial charge in [-0.1, -0.05) is 6.92 Å². The van der Waals surface area contributed by atoms with Crippen LogP contribution in [0.25, 0.3) is 0 Å². The smallest absolute Gasteiger partial charge is 0.244 e. The number of H-pyrrole nitrogens is 1. The third kappa shape index (κ3) is 2.00. The molecule has 16 heavy (non-hydrogen) atoms. The van der Waals surface area contributed by atoms with Gasteiger partial charge in [-0.25, -0.2) is 8.42 Å². The fraction of sp³-hybridized carbons (Fsp3) is 0.600. The molecule has 5 nitrogen and oxygen atoms in total. The van der Waals surface area contributed by atoms with Crippen molar-refractivity contribution in [3.8, 4) is 0 Å². The molecule has 2 atom stereocenters. The predicted molar refractivity (Wildman–Crippen MR) is 61.3 cm³/mol. The van der Waals surface area contributed by atoms with Gasteiger partial charge in [0.2, 0.25) is 10.0 Å². The number of nitrogens with zero attached hydrogens (tertiary/aromatic N) is 1. The highest BCUT2D eigenvalue weighted by Gasteiger charge is 2.32. The number of aromatic nitrogens is 1. The first-order valence-electron chi connectivity index (χ1n) is 5.40. The molecule has 0 amide bonds. The molecule has 0 bridgehead atoms. The quantitative estimate of drug-likeness (QED) is 0.787. The molecule has 0 radical (unpaired) electrons. The number of piperidine rings is 1. The van der Waals surface area contributed by atoms with Gasteiger partial charge in [0.1, 0.15) is 0 Å². The second-order valence-corrected chi connectivity index (χ2v) is 6.28. The fourth-order valence-corrected chi connectivity index (χ4v) is 3.37. The van der Waals surface area contributed by atoms with Crippen molar-refractivity contribution >= 4 is 10.0 Å². The van der Waals surface area contributed by atoms with Gasteiger partial charge in [-0.3, -0.25) is 0 Å². The van der Waals surface area contributed by atoms with Crippen LogP contribution in [0.15, 0.2) is 23.4 Å². The van der Waals surface area contributed by atoms with Crippen molar-refractivity contribution in [1.29, 1.82) is 0 Å². The van der Waals surface area contributed by atoms with E-state index in [1.54, 1.807) is 12.3 Å². The Kier molecular flexibility index (Phi) is 3.05. The number of rotatable bonds is 2. The second kappa shape index (κ2) is 4.20. The lowest BCUT2D eigenvalue weighted by Crippen LogP contribution is -2.49. The highest BCUT2D eigenvalue weighted by atomic mass is 32.2. The molecule has 3 N–H and O–H groups in total. The van der Waals surface area contributed by atoms with Crippen molar-refractivity contribution in [2.24, 2.45) is 11.7 Å². The van der Waals surface area contributed by atoms with Crippen LogP contribution in [0.1, 0.15) is 13.3 Å². The summed E-state index contributed by atoms with van der Waals surface area (Å²) in [7, 11) is -3.35. The van der Waals surface area contributed by atoms with Gasteiger partial charge in [0, 0.05) is 31.5 Å². The lowest BCUT2D eigenvalue weighted by molar-refractivity contribution is 0.253. The van der Waals surface area contributed by atoms with E-state index in [-0.39, 0.29) is 6.04 Å². The summed E-state index contributed by atoms with van der Waals surface area (Å²) < 4.78 is 25.8. The van der Waals surface area contributed by atoms with Crippen LogP contribution >= 0.6 is 0 Å². The van der Waals surface area contributed by atoms with E-state index in [0.717, 1.165) is 6.42 Å². The van der Waals surface area contributed by atoms with Gasteiger partial charge in [0.05, 0.1) is 4.90 Å². The van der Waals surface area contributed by atoms with Crippen LogP contribution in [-0.2, 0) is 10.0 Å². The first kappa shape index (κ1) is 11.6. The van der Waals surface area contributed by atoms with E-state index >= 15 is 0 Å². The minimum absolute atomic E-state index is 0.0672. The maximum Gasteiger partial charge on any atom is 0.244 e. The van der Waals surface area contributed by atoms with Crippen LogP contribution in [0.2, 0.25) is 0 Å². The number of aromatic amines is 1. The van der Waals surface area contributed by atoms with Crippen molar-refractivity contribution in [3.63, 3.8) is 0 Å². The summed E-state index contributed by atoms with van der Waals surface area (Å²) in [5, 5.41) is 0. The summed E-state index contributed by atoms with van der Waals surface area (Å²) in [5.41, 5.74) is 5.90. The van der Waals surface area contributed by atoms with Gasteiger partial charge in [-0.2, -0.15) is 4.31 Å². The minimum Gasteiger partial charge on any atom is -0.366 e. The van der Waals surface area contributed by atoms with Crippen molar-refractivity contribution in [3.05, 3.63) is 18.5 Å². The molecule has 0 aromatic carbocycles. The van der Waals surface area contributed by atoms with E-state index < -0.39 is 10.0 Å². The lowest BCUT2D eigenvalue weighted by atomic mass is 9.96. The Balaban J connectivity index is 2.20. The average molecular weight is 243 g/mol. The molecule has 2 rings (SSSR count). The van der Waals surface area contributed by atoms with Gasteiger partial charge < -0.3 is 10.7 Å². The van der Waals surface area contributed by atoms with Gasteiger partial charge in [-0.05, 0) is 18.4 Å². The van der Waals surface area contributed by atoms with Crippen LogP contribution in [0.4, 0.5) is 0 Å². The zero-order chi connectivity index (χ0) is 11.8. The normalized spacial score (nSPS) is 28.1. The first-order valence-corrected chi connectivity index (χ1v) is 6.84. The van der Waals surface area contributed by atoms with Crippen LogP contribution < -0.4 is 5.73 Å². The molecule has 2 unspecified atom stereocenters. The Morgan fingerprint density at radius 3 is 2.88 bits per heavy atom. The van der Waals surface area contributed by atoms with Crippen molar-refractivity contribution < 1.29 is 8.42 Å². The molecular formula is C10H17N3O2S. The maximum atomic E-state index is 12.2. The number of nitrogens with one attached hydrogen (secondary N) is 1. The molecule has 1 fully saturated rings. The highest BCUT2D eigenvalue weighted by molar-refractivity contribution is 7.89. The summed E-state index contributed by atoms with van der Waals surface area (Å²) in [4.78, 5) is 3.07. The van der Waals surface area contributed by atoms with Gasteiger partial charge >= 0.3 is 0 Å². The number of hydrogen-bond acceptors (Lipinski definition) is 3. The topological polar surface area (TPSA) is 79.2 Å². The largest absolute Gasteiger partial charge is 0.366 e. The Bertz CT molecular complexity index is 441. The van der Waals surface area contributed by atoms with E-state index in [1.807, 2.05) is 0 Å². The Morgan fingerprint density at radius 1 is 1.56 bits per heavy atom. The molecule has 6 heteroatoms. The highest BCUT2D eigenvalue weighted by Crippen LogP contribution is 2.22. The molecule has 1 aromatic heterocycles. The molecule has 2 heterocycles. The van der Waals surface area contributed by atoms with E-state index in [0.29, 0.717) is 23.9 Å². The maximum absolute atomic E-state index is 12.2. The van der Waals surface area contributed by atoms with Crippen molar-refractivity contribution in [1.82, 2.24) is 9.29 Å². The number of nitrogens with two attached hydrogens (primary N) is 1. The van der Waals surface area contributed by atoms with Crippen LogP contribution in [0, 0.1) is 5.92 Å². The number of hydrogen-bond donors (Lipinski definition) is 2. The molecule has 0 spiro atoms. The molecule has 1 saturated heterocycles. The van der Waals surface area contributed by atoms with Crippen LogP contribution in [-0.4, -0.2) is 36.8 Å². The summed E-state index contributed by atoms with van der Waals surface area (Å²) in [6, 6.07) is 1.50. The first-order chi connectivity index (χ1) is 7.51. The monoisotopic (exact) mass is 243 g/mol. The molecule has 0 saturated carbocycles. The third-order valence-electron chi connectivity index (χ3n) is 3.19. The SMILES string of the molecule is CC1CCN(S(=O)(=O)c2cc[nH]c2)CC1N. The third-order valence-corrected chi connectivity index (χ3v) is 5.05. The molecule has 1 aliphatic rings. The molecule has 90 valence electrons. The fourth-order valence-electron chi connectivity index (χ4n) is 1.90. The van der Waals surface area contributed by atoms with E-state index in [4.69, 9.17) is 5.73 Å². The zero-order valence-electron chi connectivity index (χ0n) is 9.26. The summed E-state index contributed by atoms with van der Waals surface area (Å²) in [6.45, 7) is 3.03. The van der Waals surface area contributed by atoms with Crippen molar-refractivity contribution in [2.75, 3.05) is 13.1 Å². The molecule has 0 aliphatic carbocycles. The van der Waals surface area contributed by atoms with Gasteiger partial charge in [0.15, 0.2) is 0 Å². The van der Waals surface area contributed by atoms with E-state index in [1.165, 1.54) is 10.5 Å². The van der Waals surface area contributed by atoms with Gasteiger partial charge in [0.25, 0.3) is 0 Å². The van der Waals surface area contributed by atoms with E-state index in [2.05, 4.69) is 11.9 Å². The Morgan fingerprint density at radius 2 is 2.31 bits per heavy atom. The molecular weight excluding hydrogens is 226 g/mol. The predicted octanol–water partition coefficient (Wildman–Crippen LogP) is 0.373. The minimum atomic E-state index is -3.35. The van der Waals surface area contributed by atoms with Crippen LogP contribution in [0.5, 0.6) is 0 Å². The molecule has 1 aliphatic heterocycles. The standard InChI is InChI=1S/C10H17N3O2S/c1-8-3-5-13(7-10(8)11)16(14,15)9-2-4-12-6-9/h2,4,6,8,10,12H,3,5,7,11H2,1H3. The van der Waals surface area contributed by atoms with Gasteiger partial charge in [-0.15, -0.1) is 0 Å². The Labute approximate surface area is 95.7 Å². The summed E-state index contributed by atoms with van der Waals surface area (Å²) >= 11 is 0. The lowest BCUT2D eigenvalue weighted by Gasteiger charge is -2.33. The van der Waals surface area contributed by atoms with E-state index in [9.17, 15) is 8.42 Å². The van der Waals surface area contributed by atoms with Crippen LogP contribution in [0.3, 0.4) is 0 Å². The summed E-state index contributed by atoms with van der Waals surface area (Å²) in [5.74, 6) is 0.387.